The van der Waals surface area contributed by atoms with Gasteiger partial charge in [-0.2, -0.15) is 23.1 Å². The second-order valence-electron chi connectivity index (χ2n) is 8.88. The number of nitrogens with zero attached hydrogens (tertiary/aromatic N) is 4. The average Bonchev–Trinajstić information content (AvgIpc) is 2.83. The number of nitrogens with two attached hydrogens (primary N) is 1. The Morgan fingerprint density at radius 3 is 2.67 bits per heavy atom. The van der Waals surface area contributed by atoms with Gasteiger partial charge in [-0.1, -0.05) is 6.58 Å². The second kappa shape index (κ2) is 9.57. The van der Waals surface area contributed by atoms with Gasteiger partial charge in [-0.05, 0) is 31.6 Å². The van der Waals surface area contributed by atoms with E-state index < -0.39 is 29.2 Å². The van der Waals surface area contributed by atoms with Crippen LogP contribution in [0.2, 0.25) is 0 Å². The zero-order chi connectivity index (χ0) is 26.4. The molecule has 194 valence electrons. The van der Waals surface area contributed by atoms with Crippen molar-refractivity contribution in [2.75, 3.05) is 37.4 Å². The van der Waals surface area contributed by atoms with Crippen molar-refractivity contribution in [1.82, 2.24) is 14.9 Å². The van der Waals surface area contributed by atoms with Crippen LogP contribution in [0.4, 0.5) is 29.1 Å². The van der Waals surface area contributed by atoms with E-state index in [1.807, 2.05) is 11.8 Å². The quantitative estimate of drug-likeness (QED) is 0.383. The number of rotatable bonds is 4. The molecule has 0 spiro atoms. The fourth-order valence-corrected chi connectivity index (χ4v) is 4.87. The van der Waals surface area contributed by atoms with Crippen LogP contribution in [0.3, 0.4) is 0 Å². The molecule has 1 saturated heterocycles. The number of carbonyl (C=O) groups excluding carboxylic acids is 1. The number of nitrogen functional groups attached to an aromatic ring is 1. The number of aryl methyl sites for hydroxylation is 1. The lowest BCUT2D eigenvalue weighted by Gasteiger charge is -2.41. The van der Waals surface area contributed by atoms with Crippen LogP contribution in [0.25, 0.3) is 0 Å². The van der Waals surface area contributed by atoms with Crippen molar-refractivity contribution in [3.05, 3.63) is 52.5 Å². The zero-order valence-electron chi connectivity index (χ0n) is 20.2. The molecule has 12 heteroatoms. The van der Waals surface area contributed by atoms with Crippen molar-refractivity contribution in [2.24, 2.45) is 0 Å². The Bertz CT molecular complexity index is 1200. The minimum Gasteiger partial charge on any atom is -0.467 e. The number of amides is 1. The number of benzene rings is 1. The number of hydrogen-bond donors (Lipinski definition) is 1. The maximum Gasteiger partial charge on any atom is 0.417 e. The van der Waals surface area contributed by atoms with Gasteiger partial charge in [0, 0.05) is 43.2 Å². The Balaban J connectivity index is 1.73. The summed E-state index contributed by atoms with van der Waals surface area (Å²) in [7, 11) is 1.38. The number of piperazine rings is 1. The van der Waals surface area contributed by atoms with E-state index in [-0.39, 0.29) is 42.2 Å². The topological polar surface area (TPSA) is 93.8 Å². The Kier molecular flexibility index (Phi) is 6.82. The van der Waals surface area contributed by atoms with Crippen molar-refractivity contribution < 1.29 is 31.8 Å². The molecule has 0 radical (unpaired) electrons. The Labute approximate surface area is 205 Å². The fourth-order valence-electron chi connectivity index (χ4n) is 4.87. The van der Waals surface area contributed by atoms with Crippen LogP contribution in [-0.4, -0.2) is 53.6 Å². The molecule has 4 rings (SSSR count). The summed E-state index contributed by atoms with van der Waals surface area (Å²) >= 11 is 0. The molecule has 3 heterocycles. The van der Waals surface area contributed by atoms with E-state index in [2.05, 4.69) is 16.5 Å². The van der Waals surface area contributed by atoms with Gasteiger partial charge in [0.25, 0.3) is 0 Å². The van der Waals surface area contributed by atoms with Crippen LogP contribution in [-0.2, 0) is 28.7 Å². The number of halogens is 4. The van der Waals surface area contributed by atoms with E-state index in [4.69, 9.17) is 15.2 Å². The summed E-state index contributed by atoms with van der Waals surface area (Å²) in [5.74, 6) is -0.817. The summed E-state index contributed by atoms with van der Waals surface area (Å²) in [5.41, 5.74) is 4.36. The lowest BCUT2D eigenvalue weighted by Crippen LogP contribution is -2.54. The number of alkyl halides is 3. The molecule has 1 aromatic heterocycles. The highest BCUT2D eigenvalue weighted by atomic mass is 19.4. The van der Waals surface area contributed by atoms with Crippen molar-refractivity contribution in [3.63, 3.8) is 0 Å². The van der Waals surface area contributed by atoms with Gasteiger partial charge < -0.3 is 25.0 Å². The van der Waals surface area contributed by atoms with Crippen LogP contribution in [0, 0.1) is 12.7 Å². The van der Waals surface area contributed by atoms with E-state index in [0.717, 1.165) is 6.07 Å². The average molecular weight is 510 g/mol. The Morgan fingerprint density at radius 2 is 2.06 bits per heavy atom. The fraction of sp³-hybridized carbons (Fsp3) is 0.458. The highest BCUT2D eigenvalue weighted by Crippen LogP contribution is 2.44. The molecule has 0 bridgehead atoms. The minimum absolute atomic E-state index is 0.0291. The SMILES string of the molecule is C=CC(=O)N1CCN(c2nc(OC)nc3c2COC(c2c(F)c(N)cc(C)c2C(F)(F)F)C3)C(C)C1. The number of anilines is 2. The third kappa shape index (κ3) is 4.57. The summed E-state index contributed by atoms with van der Waals surface area (Å²) in [6, 6.07) is 0.872. The van der Waals surface area contributed by atoms with Gasteiger partial charge in [0.1, 0.15) is 5.82 Å². The van der Waals surface area contributed by atoms with Crippen LogP contribution in [0.1, 0.15) is 41.0 Å². The van der Waals surface area contributed by atoms with Gasteiger partial charge in [-0.3, -0.25) is 4.79 Å². The molecule has 8 nitrogen and oxygen atoms in total. The van der Waals surface area contributed by atoms with Gasteiger partial charge in [-0.15, -0.1) is 0 Å². The summed E-state index contributed by atoms with van der Waals surface area (Å²) < 4.78 is 67.8. The zero-order valence-corrected chi connectivity index (χ0v) is 20.2. The highest BCUT2D eigenvalue weighted by Gasteiger charge is 2.42. The van der Waals surface area contributed by atoms with Crippen LogP contribution < -0.4 is 15.4 Å². The maximum atomic E-state index is 15.0. The van der Waals surface area contributed by atoms with Crippen molar-refractivity contribution in [1.29, 1.82) is 0 Å². The molecule has 2 aliphatic rings. The first-order valence-corrected chi connectivity index (χ1v) is 11.3. The molecule has 1 amide bonds. The Hall–Kier alpha value is -3.41. The first-order valence-electron chi connectivity index (χ1n) is 11.3. The number of hydrogen-bond acceptors (Lipinski definition) is 7. The third-order valence-corrected chi connectivity index (χ3v) is 6.56. The largest absolute Gasteiger partial charge is 0.467 e. The standard InChI is InChI=1S/C24H27F4N5O3/c1-5-18(34)32-6-7-33(13(3)10-32)22-14-11-36-17(9-16(14)30-23(31-22)35-4)19-20(24(26,27)28)12(2)8-15(29)21(19)25/h5,8,13,17H,1,6-7,9-11,29H2,2-4H3. The van der Waals surface area contributed by atoms with Crippen LogP contribution >= 0.6 is 0 Å². The smallest absolute Gasteiger partial charge is 0.417 e. The normalized spacial score (nSPS) is 20.2. The molecule has 2 atom stereocenters. The lowest BCUT2D eigenvalue weighted by molar-refractivity contribution is -0.140. The number of ether oxygens (including phenoxy) is 2. The van der Waals surface area contributed by atoms with E-state index >= 15 is 4.39 Å². The molecule has 2 aromatic rings. The number of carbonyl (C=O) groups is 1. The number of aromatic nitrogens is 2. The van der Waals surface area contributed by atoms with Crippen LogP contribution in [0.5, 0.6) is 6.01 Å². The molecule has 0 saturated carbocycles. The predicted molar refractivity (Wildman–Crippen MR) is 124 cm³/mol. The molecular formula is C24H27F4N5O3. The van der Waals surface area contributed by atoms with Crippen molar-refractivity contribution in [2.45, 2.75) is 45.2 Å². The van der Waals surface area contributed by atoms with E-state index in [1.54, 1.807) is 4.90 Å². The molecule has 1 aromatic carbocycles. The Morgan fingerprint density at radius 1 is 1.33 bits per heavy atom. The van der Waals surface area contributed by atoms with E-state index in [1.165, 1.54) is 20.1 Å². The van der Waals surface area contributed by atoms with Gasteiger partial charge in [-0.25, -0.2) is 4.39 Å². The molecule has 36 heavy (non-hydrogen) atoms. The molecule has 2 aliphatic heterocycles. The highest BCUT2D eigenvalue weighted by molar-refractivity contribution is 5.87. The number of fused-ring (bicyclic) bond motifs is 1. The van der Waals surface area contributed by atoms with Crippen molar-refractivity contribution >= 4 is 17.4 Å². The lowest BCUT2D eigenvalue weighted by atomic mass is 9.91. The molecule has 0 aliphatic carbocycles. The first kappa shape index (κ1) is 25.7. The minimum atomic E-state index is -4.80. The van der Waals surface area contributed by atoms with Gasteiger partial charge >= 0.3 is 12.2 Å². The summed E-state index contributed by atoms with van der Waals surface area (Å²) in [6.45, 7) is 7.87. The summed E-state index contributed by atoms with van der Waals surface area (Å²) in [5, 5.41) is 0. The van der Waals surface area contributed by atoms with Crippen LogP contribution in [0.15, 0.2) is 18.7 Å². The third-order valence-electron chi connectivity index (χ3n) is 6.56. The molecular weight excluding hydrogens is 482 g/mol. The second-order valence-corrected chi connectivity index (χ2v) is 8.88. The predicted octanol–water partition coefficient (Wildman–Crippen LogP) is 3.57. The molecule has 2 unspecified atom stereocenters. The van der Waals surface area contributed by atoms with Gasteiger partial charge in [0.15, 0.2) is 5.82 Å². The molecule has 1 fully saturated rings. The maximum absolute atomic E-state index is 15.0. The summed E-state index contributed by atoms with van der Waals surface area (Å²) in [4.78, 5) is 24.5. The number of methoxy groups -OCH3 is 1. The first-order chi connectivity index (χ1) is 17.0. The van der Waals surface area contributed by atoms with E-state index in [0.29, 0.717) is 36.7 Å². The van der Waals surface area contributed by atoms with Gasteiger partial charge in [0.05, 0.1) is 36.8 Å². The van der Waals surface area contributed by atoms with E-state index in [9.17, 15) is 18.0 Å². The van der Waals surface area contributed by atoms with Gasteiger partial charge in [0.2, 0.25) is 5.91 Å². The summed E-state index contributed by atoms with van der Waals surface area (Å²) in [6.07, 6.45) is -4.93. The monoisotopic (exact) mass is 509 g/mol. The van der Waals surface area contributed by atoms with Crippen molar-refractivity contribution in [3.8, 4) is 6.01 Å². The molecule has 2 N–H and O–H groups in total.